The minimum atomic E-state index is 0.285. The average molecular weight is 257 g/mol. The molecule has 0 radical (unpaired) electrons. The standard InChI is InChI=1S/C6H5BrO.C5H8O/c7-5-3-1-2-4-6(5)8;1-2-4-6-5-3-1/h1-4,8H;2,4H,1,3,5H2. The lowest BCUT2D eigenvalue weighted by Crippen LogP contribution is -1.90. The van der Waals surface area contributed by atoms with Crippen molar-refractivity contribution in [2.45, 2.75) is 12.8 Å². The summed E-state index contributed by atoms with van der Waals surface area (Å²) in [6.45, 7) is 0.913. The monoisotopic (exact) mass is 256 g/mol. The Balaban J connectivity index is 0.000000146. The summed E-state index contributed by atoms with van der Waals surface area (Å²) in [5, 5.41) is 8.87. The predicted molar refractivity (Wildman–Crippen MR) is 60.1 cm³/mol. The van der Waals surface area contributed by atoms with Crippen molar-refractivity contribution in [3.63, 3.8) is 0 Å². The van der Waals surface area contributed by atoms with Crippen LogP contribution in [0.1, 0.15) is 12.8 Å². The summed E-state index contributed by atoms with van der Waals surface area (Å²) in [5.41, 5.74) is 0. The number of para-hydroxylation sites is 1. The molecule has 0 bridgehead atoms. The number of benzene rings is 1. The quantitative estimate of drug-likeness (QED) is 0.771. The predicted octanol–water partition coefficient (Wildman–Crippen LogP) is 3.47. The molecule has 0 amide bonds. The van der Waals surface area contributed by atoms with Crippen molar-refractivity contribution in [3.05, 3.63) is 41.1 Å². The minimum absolute atomic E-state index is 0.285. The number of halogens is 1. The number of phenolic OH excluding ortho intramolecular Hbond substituents is 1. The van der Waals surface area contributed by atoms with Gasteiger partial charge in [-0.1, -0.05) is 12.1 Å². The van der Waals surface area contributed by atoms with Crippen LogP contribution < -0.4 is 0 Å². The van der Waals surface area contributed by atoms with Crippen LogP contribution in [0.5, 0.6) is 5.75 Å². The van der Waals surface area contributed by atoms with Crippen molar-refractivity contribution >= 4 is 15.9 Å². The smallest absolute Gasteiger partial charge is 0.129 e. The molecule has 1 heterocycles. The van der Waals surface area contributed by atoms with Crippen molar-refractivity contribution < 1.29 is 9.84 Å². The molecule has 0 spiro atoms. The largest absolute Gasteiger partial charge is 0.507 e. The average Bonchev–Trinajstić information content (AvgIpc) is 2.26. The van der Waals surface area contributed by atoms with Gasteiger partial charge in [0.25, 0.3) is 0 Å². The van der Waals surface area contributed by atoms with Gasteiger partial charge in [-0.2, -0.15) is 0 Å². The third kappa shape index (κ3) is 4.33. The van der Waals surface area contributed by atoms with Crippen LogP contribution in [0.4, 0.5) is 0 Å². The van der Waals surface area contributed by atoms with Crippen LogP contribution in [0.15, 0.2) is 41.1 Å². The Kier molecular flexibility index (Phi) is 5.15. The Morgan fingerprint density at radius 1 is 1.29 bits per heavy atom. The highest BCUT2D eigenvalue weighted by Gasteiger charge is 1.89. The SMILES string of the molecule is C1=COCCC1.Oc1ccccc1Br. The molecule has 1 aliphatic rings. The second-order valence-electron chi connectivity index (χ2n) is 2.84. The van der Waals surface area contributed by atoms with Gasteiger partial charge in [-0.3, -0.25) is 0 Å². The van der Waals surface area contributed by atoms with Gasteiger partial charge in [0.1, 0.15) is 5.75 Å². The van der Waals surface area contributed by atoms with E-state index in [1.807, 2.05) is 12.1 Å². The van der Waals surface area contributed by atoms with E-state index in [1.165, 1.54) is 12.8 Å². The topological polar surface area (TPSA) is 29.5 Å². The molecule has 1 aromatic carbocycles. The van der Waals surface area contributed by atoms with Crippen LogP contribution in [0.25, 0.3) is 0 Å². The van der Waals surface area contributed by atoms with Gasteiger partial charge in [-0.05, 0) is 47.0 Å². The molecule has 1 N–H and O–H groups in total. The fourth-order valence-electron chi connectivity index (χ4n) is 0.940. The van der Waals surface area contributed by atoms with E-state index >= 15 is 0 Å². The van der Waals surface area contributed by atoms with Gasteiger partial charge in [0.2, 0.25) is 0 Å². The molecular weight excluding hydrogens is 244 g/mol. The van der Waals surface area contributed by atoms with Gasteiger partial charge >= 0.3 is 0 Å². The summed E-state index contributed by atoms with van der Waals surface area (Å²) >= 11 is 3.15. The summed E-state index contributed by atoms with van der Waals surface area (Å²) in [7, 11) is 0. The fraction of sp³-hybridized carbons (Fsp3) is 0.273. The summed E-state index contributed by atoms with van der Waals surface area (Å²) < 4.78 is 5.63. The maximum Gasteiger partial charge on any atom is 0.129 e. The van der Waals surface area contributed by atoms with Gasteiger partial charge in [0, 0.05) is 0 Å². The van der Waals surface area contributed by atoms with E-state index in [4.69, 9.17) is 9.84 Å². The van der Waals surface area contributed by atoms with Crippen LogP contribution in [-0.4, -0.2) is 11.7 Å². The Bertz CT molecular complexity index is 268. The Hall–Kier alpha value is -0.960. The molecule has 76 valence electrons. The lowest BCUT2D eigenvalue weighted by molar-refractivity contribution is 0.231. The lowest BCUT2D eigenvalue weighted by Gasteiger charge is -2.01. The molecule has 1 aromatic rings. The van der Waals surface area contributed by atoms with Crippen molar-refractivity contribution in [1.82, 2.24) is 0 Å². The van der Waals surface area contributed by atoms with Crippen LogP contribution >= 0.6 is 15.9 Å². The maximum atomic E-state index is 8.87. The normalized spacial score (nSPS) is 13.8. The Morgan fingerprint density at radius 2 is 2.07 bits per heavy atom. The zero-order valence-corrected chi connectivity index (χ0v) is 9.40. The molecule has 3 heteroatoms. The molecule has 0 saturated heterocycles. The first kappa shape index (κ1) is 11.1. The van der Waals surface area contributed by atoms with E-state index in [1.54, 1.807) is 24.5 Å². The number of hydrogen-bond donors (Lipinski definition) is 1. The zero-order valence-electron chi connectivity index (χ0n) is 7.82. The lowest BCUT2D eigenvalue weighted by atomic mass is 10.3. The highest BCUT2D eigenvalue weighted by molar-refractivity contribution is 9.10. The van der Waals surface area contributed by atoms with E-state index in [0.29, 0.717) is 0 Å². The molecule has 0 saturated carbocycles. The molecule has 0 fully saturated rings. The van der Waals surface area contributed by atoms with Gasteiger partial charge in [-0.25, -0.2) is 0 Å². The minimum Gasteiger partial charge on any atom is -0.507 e. The number of allylic oxidation sites excluding steroid dienone is 1. The summed E-state index contributed by atoms with van der Waals surface area (Å²) in [4.78, 5) is 0. The molecule has 2 rings (SSSR count). The number of hydrogen-bond acceptors (Lipinski definition) is 2. The Morgan fingerprint density at radius 3 is 2.36 bits per heavy atom. The summed E-state index contributed by atoms with van der Waals surface area (Å²) in [5.74, 6) is 0.285. The van der Waals surface area contributed by atoms with Gasteiger partial charge < -0.3 is 9.84 Å². The van der Waals surface area contributed by atoms with E-state index in [-0.39, 0.29) is 5.75 Å². The first-order valence-corrected chi connectivity index (χ1v) is 5.30. The second kappa shape index (κ2) is 6.49. The zero-order chi connectivity index (χ0) is 10.2. The number of rotatable bonds is 0. The molecule has 14 heavy (non-hydrogen) atoms. The highest BCUT2D eigenvalue weighted by atomic mass is 79.9. The van der Waals surface area contributed by atoms with Crippen LogP contribution in [0, 0.1) is 0 Å². The molecule has 2 nitrogen and oxygen atoms in total. The first-order valence-electron chi connectivity index (χ1n) is 4.51. The van der Waals surface area contributed by atoms with Crippen LogP contribution in [-0.2, 0) is 4.74 Å². The number of ether oxygens (including phenoxy) is 1. The van der Waals surface area contributed by atoms with Gasteiger partial charge in [0.05, 0.1) is 17.3 Å². The van der Waals surface area contributed by atoms with Crippen molar-refractivity contribution in [3.8, 4) is 5.75 Å². The van der Waals surface area contributed by atoms with Crippen LogP contribution in [0.3, 0.4) is 0 Å². The molecular formula is C11H13BrO2. The number of aromatic hydroxyl groups is 1. The van der Waals surface area contributed by atoms with Gasteiger partial charge in [-0.15, -0.1) is 0 Å². The highest BCUT2D eigenvalue weighted by Crippen LogP contribution is 2.21. The second-order valence-corrected chi connectivity index (χ2v) is 3.69. The third-order valence-electron chi connectivity index (χ3n) is 1.68. The maximum absolute atomic E-state index is 8.87. The van der Waals surface area contributed by atoms with Crippen molar-refractivity contribution in [1.29, 1.82) is 0 Å². The van der Waals surface area contributed by atoms with E-state index in [0.717, 1.165) is 11.1 Å². The summed E-state index contributed by atoms with van der Waals surface area (Å²) in [6, 6.07) is 7.04. The van der Waals surface area contributed by atoms with E-state index in [9.17, 15) is 0 Å². The van der Waals surface area contributed by atoms with E-state index < -0.39 is 0 Å². The number of phenols is 1. The fourth-order valence-corrected chi connectivity index (χ4v) is 1.23. The van der Waals surface area contributed by atoms with Crippen molar-refractivity contribution in [2.75, 3.05) is 6.61 Å². The summed E-state index contributed by atoms with van der Waals surface area (Å²) in [6.07, 6.45) is 6.20. The molecule has 1 aliphatic heterocycles. The van der Waals surface area contributed by atoms with Crippen LogP contribution in [0.2, 0.25) is 0 Å². The van der Waals surface area contributed by atoms with Gasteiger partial charge in [0.15, 0.2) is 0 Å². The molecule has 0 atom stereocenters. The Labute approximate surface area is 92.3 Å². The molecule has 0 unspecified atom stereocenters. The van der Waals surface area contributed by atoms with Crippen molar-refractivity contribution in [2.24, 2.45) is 0 Å². The molecule has 0 aromatic heterocycles. The molecule has 0 aliphatic carbocycles. The first-order chi connectivity index (χ1) is 6.80. The van der Waals surface area contributed by atoms with E-state index in [2.05, 4.69) is 15.9 Å². The third-order valence-corrected chi connectivity index (χ3v) is 2.35.